The fourth-order valence-corrected chi connectivity index (χ4v) is 4.60. The van der Waals surface area contributed by atoms with E-state index in [4.69, 9.17) is 9.72 Å². The highest BCUT2D eigenvalue weighted by Crippen LogP contribution is 2.36. The molecule has 184 valence electrons. The number of nitrogens with zero attached hydrogens (tertiary/aromatic N) is 3. The molecule has 0 spiro atoms. The first-order valence-electron chi connectivity index (χ1n) is 12.7. The fourth-order valence-electron chi connectivity index (χ4n) is 4.60. The summed E-state index contributed by atoms with van der Waals surface area (Å²) in [4.78, 5) is 13.5. The van der Waals surface area contributed by atoms with Crippen LogP contribution in [0.1, 0.15) is 50.7 Å². The zero-order valence-corrected chi connectivity index (χ0v) is 21.7. The van der Waals surface area contributed by atoms with Gasteiger partial charge in [-0.1, -0.05) is 76.2 Å². The second-order valence-corrected chi connectivity index (χ2v) is 9.78. The van der Waals surface area contributed by atoms with Crippen molar-refractivity contribution < 1.29 is 4.74 Å². The highest BCUT2D eigenvalue weighted by Gasteiger charge is 2.16. The lowest BCUT2D eigenvalue weighted by Gasteiger charge is -2.20. The van der Waals surface area contributed by atoms with Crippen LogP contribution in [-0.2, 0) is 0 Å². The van der Waals surface area contributed by atoms with E-state index in [-0.39, 0.29) is 0 Å². The quantitative estimate of drug-likeness (QED) is 0.231. The van der Waals surface area contributed by atoms with Crippen molar-refractivity contribution >= 4 is 0 Å². The summed E-state index contributed by atoms with van der Waals surface area (Å²) in [6.45, 7) is 9.00. The largest absolute Gasteiger partial charge is 0.457 e. The van der Waals surface area contributed by atoms with Crippen LogP contribution in [0.2, 0.25) is 0 Å². The first-order valence-corrected chi connectivity index (χ1v) is 12.7. The van der Waals surface area contributed by atoms with Gasteiger partial charge < -0.3 is 4.74 Å². The third-order valence-electron chi connectivity index (χ3n) is 6.45. The number of benzene rings is 3. The van der Waals surface area contributed by atoms with E-state index < -0.39 is 0 Å². The smallest absolute Gasteiger partial charge is 0.159 e. The van der Waals surface area contributed by atoms with E-state index in [9.17, 15) is 0 Å². The molecule has 5 aromatic rings. The van der Waals surface area contributed by atoms with Gasteiger partial charge in [-0.05, 0) is 64.9 Å². The summed E-state index contributed by atoms with van der Waals surface area (Å²) >= 11 is 0. The van der Waals surface area contributed by atoms with Crippen molar-refractivity contribution in [1.29, 1.82) is 0 Å². The Hall–Kier alpha value is -4.31. The van der Waals surface area contributed by atoms with Gasteiger partial charge in [0.05, 0.1) is 5.69 Å². The van der Waals surface area contributed by atoms with E-state index in [2.05, 4.69) is 74.1 Å². The van der Waals surface area contributed by atoms with E-state index in [1.54, 1.807) is 12.4 Å². The van der Waals surface area contributed by atoms with Crippen LogP contribution in [0, 0.1) is 0 Å². The molecule has 0 atom stereocenters. The summed E-state index contributed by atoms with van der Waals surface area (Å²) in [5, 5.41) is 0. The van der Waals surface area contributed by atoms with Gasteiger partial charge in [0, 0.05) is 35.3 Å². The van der Waals surface area contributed by atoms with E-state index >= 15 is 0 Å². The third kappa shape index (κ3) is 5.44. The lowest BCUT2D eigenvalue weighted by Crippen LogP contribution is -2.00. The molecule has 4 heteroatoms. The molecule has 2 aromatic heterocycles. The molecule has 0 saturated heterocycles. The summed E-state index contributed by atoms with van der Waals surface area (Å²) in [6.07, 6.45) is 5.48. The van der Waals surface area contributed by atoms with Crippen molar-refractivity contribution in [2.75, 3.05) is 0 Å². The minimum atomic E-state index is 0.439. The highest BCUT2D eigenvalue weighted by molar-refractivity contribution is 5.74. The number of rotatable bonds is 7. The number of pyridine rings is 1. The van der Waals surface area contributed by atoms with E-state index in [1.807, 2.05) is 54.7 Å². The molecule has 0 aliphatic rings. The second kappa shape index (κ2) is 10.8. The van der Waals surface area contributed by atoms with Crippen LogP contribution in [0.4, 0.5) is 0 Å². The van der Waals surface area contributed by atoms with Gasteiger partial charge in [-0.25, -0.2) is 9.97 Å². The Balaban J connectivity index is 1.42. The SMILES string of the molecule is CC(C)c1cccc(C(C)C)c1-c1ccc(-c2cccc(Oc3cccc(-c4ncccn4)c3)c2)nc1. The van der Waals surface area contributed by atoms with Gasteiger partial charge in [0.1, 0.15) is 11.5 Å². The molecular weight excluding hydrogens is 454 g/mol. The summed E-state index contributed by atoms with van der Waals surface area (Å²) in [5.74, 6) is 3.03. The Kier molecular flexibility index (Phi) is 7.09. The van der Waals surface area contributed by atoms with Crippen molar-refractivity contribution in [2.45, 2.75) is 39.5 Å². The Labute approximate surface area is 219 Å². The number of aromatic nitrogens is 3. The summed E-state index contributed by atoms with van der Waals surface area (Å²) in [7, 11) is 0. The summed E-state index contributed by atoms with van der Waals surface area (Å²) in [5.41, 5.74) is 8.02. The van der Waals surface area contributed by atoms with Gasteiger partial charge in [0.25, 0.3) is 0 Å². The standard InChI is InChI=1S/C33H31N3O/c1-22(2)29-13-7-14-30(23(3)4)32(29)26-15-16-31(36-21-26)24-9-5-11-27(19-24)37-28-12-6-10-25(20-28)33-34-17-8-18-35-33/h5-23H,1-4H3. The first-order chi connectivity index (χ1) is 18.0. The van der Waals surface area contributed by atoms with Gasteiger partial charge in [0.2, 0.25) is 0 Å². The molecule has 3 aromatic carbocycles. The first kappa shape index (κ1) is 24.4. The lowest BCUT2D eigenvalue weighted by molar-refractivity contribution is 0.483. The Bertz CT molecular complexity index is 1470. The molecule has 0 radical (unpaired) electrons. The van der Waals surface area contributed by atoms with Crippen LogP contribution in [0.25, 0.3) is 33.8 Å². The predicted octanol–water partition coefficient (Wildman–Crippen LogP) is 8.91. The average Bonchev–Trinajstić information content (AvgIpc) is 2.93. The number of hydrogen-bond donors (Lipinski definition) is 0. The maximum Gasteiger partial charge on any atom is 0.159 e. The average molecular weight is 486 g/mol. The van der Waals surface area contributed by atoms with Crippen LogP contribution in [0.15, 0.2) is 104 Å². The normalized spacial score (nSPS) is 11.2. The van der Waals surface area contributed by atoms with Gasteiger partial charge in [-0.3, -0.25) is 4.98 Å². The van der Waals surface area contributed by atoms with Gasteiger partial charge in [0.15, 0.2) is 5.82 Å². The van der Waals surface area contributed by atoms with Crippen LogP contribution in [-0.4, -0.2) is 15.0 Å². The third-order valence-corrected chi connectivity index (χ3v) is 6.45. The van der Waals surface area contributed by atoms with E-state index in [1.165, 1.54) is 16.7 Å². The van der Waals surface area contributed by atoms with Crippen molar-refractivity contribution in [3.63, 3.8) is 0 Å². The zero-order valence-electron chi connectivity index (χ0n) is 21.7. The fraction of sp³-hybridized carbons (Fsp3) is 0.182. The Morgan fingerprint density at radius 2 is 1.16 bits per heavy atom. The molecule has 2 heterocycles. The van der Waals surface area contributed by atoms with Crippen LogP contribution in [0.5, 0.6) is 11.5 Å². The number of ether oxygens (including phenoxy) is 1. The molecule has 0 aliphatic carbocycles. The molecule has 0 N–H and O–H groups in total. The van der Waals surface area contributed by atoms with Crippen molar-refractivity contribution in [3.8, 4) is 45.3 Å². The molecule has 4 nitrogen and oxygen atoms in total. The molecule has 0 amide bonds. The minimum Gasteiger partial charge on any atom is -0.457 e. The monoisotopic (exact) mass is 485 g/mol. The second-order valence-electron chi connectivity index (χ2n) is 9.78. The molecule has 0 aliphatic heterocycles. The molecular formula is C33H31N3O. The predicted molar refractivity (Wildman–Crippen MR) is 151 cm³/mol. The molecule has 37 heavy (non-hydrogen) atoms. The van der Waals surface area contributed by atoms with Crippen molar-refractivity contribution in [2.24, 2.45) is 0 Å². The van der Waals surface area contributed by atoms with Crippen LogP contribution < -0.4 is 4.74 Å². The van der Waals surface area contributed by atoms with Gasteiger partial charge >= 0.3 is 0 Å². The molecule has 0 bridgehead atoms. The van der Waals surface area contributed by atoms with Crippen LogP contribution >= 0.6 is 0 Å². The molecule has 5 rings (SSSR count). The zero-order chi connectivity index (χ0) is 25.8. The molecule has 0 fully saturated rings. The summed E-state index contributed by atoms with van der Waals surface area (Å²) in [6, 6.07) is 28.6. The Morgan fingerprint density at radius 1 is 0.568 bits per heavy atom. The highest BCUT2D eigenvalue weighted by atomic mass is 16.5. The Morgan fingerprint density at radius 3 is 1.76 bits per heavy atom. The maximum atomic E-state index is 6.20. The summed E-state index contributed by atoms with van der Waals surface area (Å²) < 4.78 is 6.20. The molecule has 0 unspecified atom stereocenters. The van der Waals surface area contributed by atoms with E-state index in [0.717, 1.165) is 33.9 Å². The van der Waals surface area contributed by atoms with Crippen LogP contribution in [0.3, 0.4) is 0 Å². The van der Waals surface area contributed by atoms with Gasteiger partial charge in [-0.15, -0.1) is 0 Å². The topological polar surface area (TPSA) is 47.9 Å². The number of hydrogen-bond acceptors (Lipinski definition) is 4. The van der Waals surface area contributed by atoms with E-state index in [0.29, 0.717) is 17.7 Å². The van der Waals surface area contributed by atoms with Crippen molar-refractivity contribution in [1.82, 2.24) is 15.0 Å². The van der Waals surface area contributed by atoms with Crippen molar-refractivity contribution in [3.05, 3.63) is 115 Å². The lowest BCUT2D eigenvalue weighted by atomic mass is 9.85. The van der Waals surface area contributed by atoms with Gasteiger partial charge in [-0.2, -0.15) is 0 Å². The molecule has 0 saturated carbocycles. The maximum absolute atomic E-state index is 6.20. The minimum absolute atomic E-state index is 0.439.